The van der Waals surface area contributed by atoms with Gasteiger partial charge < -0.3 is 5.32 Å². The number of aromatic nitrogens is 1. The van der Waals surface area contributed by atoms with E-state index in [0.29, 0.717) is 6.42 Å². The third-order valence-electron chi connectivity index (χ3n) is 3.05. The third-order valence-corrected chi connectivity index (χ3v) is 3.05. The highest BCUT2D eigenvalue weighted by atomic mass is 19.2. The van der Waals surface area contributed by atoms with Crippen LogP contribution < -0.4 is 5.32 Å². The molecule has 0 aliphatic carbocycles. The van der Waals surface area contributed by atoms with Crippen LogP contribution in [0.4, 0.5) is 8.78 Å². The van der Waals surface area contributed by atoms with Gasteiger partial charge in [0.1, 0.15) is 0 Å². The molecule has 110 valence electrons. The number of carbonyl (C=O) groups excluding carboxylic acids is 1. The number of pyridine rings is 1. The molecule has 1 N–H and O–H groups in total. The Morgan fingerprint density at radius 2 is 2.10 bits per heavy atom. The van der Waals surface area contributed by atoms with E-state index in [9.17, 15) is 13.6 Å². The highest BCUT2D eigenvalue weighted by Gasteiger charge is 2.13. The minimum Gasteiger partial charge on any atom is -0.353 e. The van der Waals surface area contributed by atoms with Crippen molar-refractivity contribution in [3.05, 3.63) is 65.5 Å². The van der Waals surface area contributed by atoms with Gasteiger partial charge in [0.2, 0.25) is 5.91 Å². The topological polar surface area (TPSA) is 42.0 Å². The quantitative estimate of drug-likeness (QED) is 0.920. The maximum Gasteiger partial charge on any atom is 0.224 e. The molecule has 0 saturated heterocycles. The van der Waals surface area contributed by atoms with Crippen molar-refractivity contribution in [3.63, 3.8) is 0 Å². The highest BCUT2D eigenvalue weighted by Crippen LogP contribution is 2.12. The van der Waals surface area contributed by atoms with E-state index in [0.717, 1.165) is 11.6 Å². The van der Waals surface area contributed by atoms with E-state index in [4.69, 9.17) is 0 Å². The van der Waals surface area contributed by atoms with Crippen molar-refractivity contribution in [3.8, 4) is 0 Å². The lowest BCUT2D eigenvalue weighted by molar-refractivity contribution is -0.121. The molecule has 1 unspecified atom stereocenters. The van der Waals surface area contributed by atoms with Gasteiger partial charge in [-0.05, 0) is 31.0 Å². The summed E-state index contributed by atoms with van der Waals surface area (Å²) in [6.07, 6.45) is 3.86. The van der Waals surface area contributed by atoms with Gasteiger partial charge in [-0.1, -0.05) is 18.2 Å². The van der Waals surface area contributed by atoms with E-state index >= 15 is 0 Å². The van der Waals surface area contributed by atoms with E-state index in [1.54, 1.807) is 12.4 Å². The van der Waals surface area contributed by atoms with Crippen molar-refractivity contribution >= 4 is 5.91 Å². The zero-order chi connectivity index (χ0) is 15.2. The lowest BCUT2D eigenvalue weighted by Crippen LogP contribution is -2.35. The number of halogens is 2. The summed E-state index contributed by atoms with van der Waals surface area (Å²) in [6.45, 7) is 1.85. The zero-order valence-electron chi connectivity index (χ0n) is 11.6. The molecule has 0 aliphatic heterocycles. The largest absolute Gasteiger partial charge is 0.353 e. The summed E-state index contributed by atoms with van der Waals surface area (Å²) >= 11 is 0. The Morgan fingerprint density at radius 1 is 1.29 bits per heavy atom. The van der Waals surface area contributed by atoms with Crippen molar-refractivity contribution < 1.29 is 13.6 Å². The van der Waals surface area contributed by atoms with Gasteiger partial charge in [0.15, 0.2) is 11.6 Å². The fourth-order valence-electron chi connectivity index (χ4n) is 2.11. The van der Waals surface area contributed by atoms with E-state index < -0.39 is 11.6 Å². The van der Waals surface area contributed by atoms with Crippen LogP contribution in [-0.2, 0) is 17.6 Å². The van der Waals surface area contributed by atoms with Crippen LogP contribution in [-0.4, -0.2) is 16.9 Å². The normalized spacial score (nSPS) is 12.0. The van der Waals surface area contributed by atoms with Crippen LogP contribution in [0.25, 0.3) is 0 Å². The Morgan fingerprint density at radius 3 is 2.81 bits per heavy atom. The summed E-state index contributed by atoms with van der Waals surface area (Å²) in [5.74, 6) is -2.24. The minimum absolute atomic E-state index is 0.0566. The first-order valence-corrected chi connectivity index (χ1v) is 6.67. The van der Waals surface area contributed by atoms with Crippen molar-refractivity contribution in [2.45, 2.75) is 25.8 Å². The summed E-state index contributed by atoms with van der Waals surface area (Å²) in [5.41, 5.74) is 1.06. The summed E-state index contributed by atoms with van der Waals surface area (Å²) < 4.78 is 26.5. The summed E-state index contributed by atoms with van der Waals surface area (Å²) in [6, 6.07) is 7.46. The van der Waals surface area contributed by atoms with Gasteiger partial charge in [0.05, 0.1) is 6.42 Å². The Balaban J connectivity index is 1.91. The Labute approximate surface area is 122 Å². The third kappa shape index (κ3) is 4.34. The molecule has 0 bridgehead atoms. The molecule has 21 heavy (non-hydrogen) atoms. The first kappa shape index (κ1) is 15.1. The van der Waals surface area contributed by atoms with Gasteiger partial charge in [-0.15, -0.1) is 0 Å². The molecule has 2 aromatic rings. The van der Waals surface area contributed by atoms with Crippen LogP contribution in [0.2, 0.25) is 0 Å². The molecule has 2 rings (SSSR count). The summed E-state index contributed by atoms with van der Waals surface area (Å²) in [7, 11) is 0. The van der Waals surface area contributed by atoms with Crippen LogP contribution in [0, 0.1) is 11.6 Å². The molecule has 1 aromatic carbocycles. The number of hydrogen-bond donors (Lipinski definition) is 1. The first-order valence-electron chi connectivity index (χ1n) is 6.67. The molecule has 1 atom stereocenters. The Kier molecular flexibility index (Phi) is 4.98. The molecule has 1 amide bonds. The van der Waals surface area contributed by atoms with Crippen LogP contribution in [0.15, 0.2) is 42.7 Å². The van der Waals surface area contributed by atoms with E-state index in [-0.39, 0.29) is 23.9 Å². The Hall–Kier alpha value is -2.30. The lowest BCUT2D eigenvalue weighted by Gasteiger charge is -2.14. The molecular weight excluding hydrogens is 274 g/mol. The zero-order valence-corrected chi connectivity index (χ0v) is 11.6. The number of carbonyl (C=O) groups is 1. The van der Waals surface area contributed by atoms with E-state index in [2.05, 4.69) is 10.3 Å². The predicted octanol–water partition coefficient (Wildman–Crippen LogP) is 2.65. The fraction of sp³-hybridized carbons (Fsp3) is 0.250. The maximum absolute atomic E-state index is 13.5. The van der Waals surface area contributed by atoms with Gasteiger partial charge in [-0.3, -0.25) is 9.78 Å². The SMILES string of the molecule is CC(Cc1cccnc1)NC(=O)Cc1cccc(F)c1F. The number of hydrogen-bond acceptors (Lipinski definition) is 2. The molecule has 1 heterocycles. The predicted molar refractivity (Wildman–Crippen MR) is 75.6 cm³/mol. The summed E-state index contributed by atoms with van der Waals surface area (Å²) in [5, 5.41) is 2.77. The molecule has 3 nitrogen and oxygen atoms in total. The second kappa shape index (κ2) is 6.92. The van der Waals surface area contributed by atoms with Crippen LogP contribution >= 0.6 is 0 Å². The molecule has 0 radical (unpaired) electrons. The average molecular weight is 290 g/mol. The van der Waals surface area contributed by atoms with Crippen molar-refractivity contribution in [1.29, 1.82) is 0 Å². The van der Waals surface area contributed by atoms with Crippen molar-refractivity contribution in [2.75, 3.05) is 0 Å². The molecule has 5 heteroatoms. The number of nitrogens with one attached hydrogen (secondary N) is 1. The standard InChI is InChI=1S/C16H16F2N2O/c1-11(8-12-4-3-7-19-10-12)20-15(21)9-13-5-2-6-14(17)16(13)18/h2-7,10-11H,8-9H2,1H3,(H,20,21). The van der Waals surface area contributed by atoms with E-state index in [1.807, 2.05) is 19.1 Å². The Bertz CT molecular complexity index is 617. The van der Waals surface area contributed by atoms with Gasteiger partial charge in [0, 0.05) is 24.0 Å². The number of rotatable bonds is 5. The number of nitrogens with zero attached hydrogens (tertiary/aromatic N) is 1. The second-order valence-corrected chi connectivity index (χ2v) is 4.92. The van der Waals surface area contributed by atoms with Gasteiger partial charge >= 0.3 is 0 Å². The second-order valence-electron chi connectivity index (χ2n) is 4.92. The number of amides is 1. The van der Waals surface area contributed by atoms with Gasteiger partial charge in [0.25, 0.3) is 0 Å². The minimum atomic E-state index is -0.965. The highest BCUT2D eigenvalue weighted by molar-refractivity contribution is 5.78. The molecule has 0 saturated carbocycles. The first-order chi connectivity index (χ1) is 10.1. The molecule has 0 spiro atoms. The molecule has 0 aliphatic rings. The molecule has 1 aromatic heterocycles. The van der Waals surface area contributed by atoms with Crippen LogP contribution in [0.5, 0.6) is 0 Å². The van der Waals surface area contributed by atoms with Crippen LogP contribution in [0.3, 0.4) is 0 Å². The maximum atomic E-state index is 13.5. The van der Waals surface area contributed by atoms with E-state index in [1.165, 1.54) is 12.1 Å². The average Bonchev–Trinajstić information content (AvgIpc) is 2.44. The summed E-state index contributed by atoms with van der Waals surface area (Å²) in [4.78, 5) is 15.9. The smallest absolute Gasteiger partial charge is 0.224 e. The van der Waals surface area contributed by atoms with Gasteiger partial charge in [-0.25, -0.2) is 8.78 Å². The van der Waals surface area contributed by atoms with Crippen molar-refractivity contribution in [1.82, 2.24) is 10.3 Å². The van der Waals surface area contributed by atoms with Crippen molar-refractivity contribution in [2.24, 2.45) is 0 Å². The monoisotopic (exact) mass is 290 g/mol. The molecular formula is C16H16F2N2O. The fourth-order valence-corrected chi connectivity index (χ4v) is 2.11. The van der Waals surface area contributed by atoms with Crippen LogP contribution in [0.1, 0.15) is 18.1 Å². The lowest BCUT2D eigenvalue weighted by atomic mass is 10.1. The number of benzene rings is 1. The molecule has 0 fully saturated rings. The van der Waals surface area contributed by atoms with Gasteiger partial charge in [-0.2, -0.15) is 0 Å².